The van der Waals surface area contributed by atoms with Crippen LogP contribution in [-0.4, -0.2) is 9.97 Å². The summed E-state index contributed by atoms with van der Waals surface area (Å²) in [7, 11) is 0. The summed E-state index contributed by atoms with van der Waals surface area (Å²) in [6, 6.07) is 2.14. The first-order chi connectivity index (χ1) is 8.31. The molecule has 17 heavy (non-hydrogen) atoms. The van der Waals surface area contributed by atoms with E-state index in [9.17, 15) is 0 Å². The molecule has 0 atom stereocenters. The highest BCUT2D eigenvalue weighted by atomic mass is 32.1. The van der Waals surface area contributed by atoms with E-state index in [1.807, 2.05) is 0 Å². The summed E-state index contributed by atoms with van der Waals surface area (Å²) in [6.07, 6.45) is 4.74. The van der Waals surface area contributed by atoms with Crippen molar-refractivity contribution in [3.8, 4) is 0 Å². The SMILES string of the molecule is CCc1cc2c(NN)nc(C3CCC3)nc2s1. The Morgan fingerprint density at radius 1 is 1.47 bits per heavy atom. The van der Waals surface area contributed by atoms with E-state index in [-0.39, 0.29) is 0 Å². The van der Waals surface area contributed by atoms with E-state index < -0.39 is 0 Å². The van der Waals surface area contributed by atoms with Gasteiger partial charge in [-0.05, 0) is 25.3 Å². The molecule has 0 aliphatic heterocycles. The Balaban J connectivity index is 2.13. The van der Waals surface area contributed by atoms with Gasteiger partial charge in [-0.2, -0.15) is 0 Å². The Labute approximate surface area is 104 Å². The van der Waals surface area contributed by atoms with Gasteiger partial charge in [0.05, 0.1) is 5.39 Å². The molecule has 90 valence electrons. The molecule has 2 aromatic heterocycles. The summed E-state index contributed by atoms with van der Waals surface area (Å²) < 4.78 is 0. The lowest BCUT2D eigenvalue weighted by atomic mass is 9.85. The molecule has 5 heteroatoms. The maximum absolute atomic E-state index is 5.56. The van der Waals surface area contributed by atoms with Crippen LogP contribution in [0.25, 0.3) is 10.2 Å². The zero-order valence-corrected chi connectivity index (χ0v) is 10.7. The highest BCUT2D eigenvalue weighted by Crippen LogP contribution is 2.37. The number of aromatic nitrogens is 2. The average molecular weight is 248 g/mol. The highest BCUT2D eigenvalue weighted by Gasteiger charge is 2.24. The van der Waals surface area contributed by atoms with Crippen molar-refractivity contribution < 1.29 is 0 Å². The fourth-order valence-corrected chi connectivity index (χ4v) is 3.10. The molecule has 1 aliphatic rings. The van der Waals surface area contributed by atoms with Gasteiger partial charge in [-0.15, -0.1) is 11.3 Å². The number of hydrogen-bond donors (Lipinski definition) is 2. The number of nitrogens with one attached hydrogen (secondary N) is 1. The van der Waals surface area contributed by atoms with E-state index in [1.54, 1.807) is 11.3 Å². The molecule has 1 saturated carbocycles. The number of nitrogen functional groups attached to an aromatic ring is 1. The van der Waals surface area contributed by atoms with Crippen molar-refractivity contribution in [1.82, 2.24) is 9.97 Å². The molecule has 0 radical (unpaired) electrons. The molecular formula is C12H16N4S. The molecule has 4 nitrogen and oxygen atoms in total. The van der Waals surface area contributed by atoms with Crippen LogP contribution >= 0.6 is 11.3 Å². The zero-order valence-electron chi connectivity index (χ0n) is 9.86. The van der Waals surface area contributed by atoms with Crippen LogP contribution in [0.1, 0.15) is 42.8 Å². The Bertz CT molecular complexity index is 545. The largest absolute Gasteiger partial charge is 0.308 e. The highest BCUT2D eigenvalue weighted by molar-refractivity contribution is 7.18. The van der Waals surface area contributed by atoms with E-state index in [0.717, 1.165) is 28.3 Å². The first kappa shape index (κ1) is 10.9. The standard InChI is InChI=1S/C12H16N4S/c1-2-8-6-9-11(16-13)14-10(7-4-3-5-7)15-12(9)17-8/h6-7H,2-5,13H2,1H3,(H,14,15,16). The van der Waals surface area contributed by atoms with Gasteiger partial charge in [0.25, 0.3) is 0 Å². The molecule has 0 saturated heterocycles. The van der Waals surface area contributed by atoms with Gasteiger partial charge < -0.3 is 5.43 Å². The van der Waals surface area contributed by atoms with Crippen molar-refractivity contribution in [3.63, 3.8) is 0 Å². The minimum Gasteiger partial charge on any atom is -0.308 e. The second kappa shape index (κ2) is 4.23. The summed E-state index contributed by atoms with van der Waals surface area (Å²) in [4.78, 5) is 11.6. The monoisotopic (exact) mass is 248 g/mol. The van der Waals surface area contributed by atoms with Crippen LogP contribution in [0.5, 0.6) is 0 Å². The summed E-state index contributed by atoms with van der Waals surface area (Å²) >= 11 is 1.75. The van der Waals surface area contributed by atoms with Gasteiger partial charge >= 0.3 is 0 Å². The second-order valence-electron chi connectivity index (χ2n) is 4.49. The van der Waals surface area contributed by atoms with Gasteiger partial charge in [0.15, 0.2) is 5.82 Å². The number of nitrogens with zero attached hydrogens (tertiary/aromatic N) is 2. The minimum absolute atomic E-state index is 0.540. The number of aryl methyl sites for hydroxylation is 1. The van der Waals surface area contributed by atoms with Crippen molar-refractivity contribution in [3.05, 3.63) is 16.8 Å². The fraction of sp³-hybridized carbons (Fsp3) is 0.500. The van der Waals surface area contributed by atoms with Crippen LogP contribution in [0.2, 0.25) is 0 Å². The summed E-state index contributed by atoms with van der Waals surface area (Å²) in [6.45, 7) is 2.15. The smallest absolute Gasteiger partial charge is 0.152 e. The predicted molar refractivity (Wildman–Crippen MR) is 71.2 cm³/mol. The van der Waals surface area contributed by atoms with Gasteiger partial charge in [-0.1, -0.05) is 13.3 Å². The Morgan fingerprint density at radius 2 is 2.29 bits per heavy atom. The molecule has 0 bridgehead atoms. The topological polar surface area (TPSA) is 63.8 Å². The second-order valence-corrected chi connectivity index (χ2v) is 5.60. The molecule has 2 heterocycles. The van der Waals surface area contributed by atoms with Crippen LogP contribution in [-0.2, 0) is 6.42 Å². The van der Waals surface area contributed by atoms with Crippen molar-refractivity contribution in [1.29, 1.82) is 0 Å². The number of fused-ring (bicyclic) bond motifs is 1. The normalized spacial score (nSPS) is 16.1. The third kappa shape index (κ3) is 1.79. The van der Waals surface area contributed by atoms with Gasteiger partial charge in [0, 0.05) is 10.8 Å². The number of hydrazine groups is 1. The summed E-state index contributed by atoms with van der Waals surface area (Å²) in [5.74, 6) is 7.83. The lowest BCUT2D eigenvalue weighted by Crippen LogP contribution is -2.15. The quantitative estimate of drug-likeness (QED) is 0.647. The van der Waals surface area contributed by atoms with Gasteiger partial charge in [0.1, 0.15) is 10.7 Å². The molecule has 2 aromatic rings. The van der Waals surface area contributed by atoms with Crippen LogP contribution in [0.4, 0.5) is 5.82 Å². The maximum atomic E-state index is 5.56. The van der Waals surface area contributed by atoms with Crippen LogP contribution in [0, 0.1) is 0 Å². The van der Waals surface area contributed by atoms with E-state index in [4.69, 9.17) is 5.84 Å². The molecule has 0 aromatic carbocycles. The van der Waals surface area contributed by atoms with Crippen LogP contribution < -0.4 is 11.3 Å². The Hall–Kier alpha value is -1.20. The fourth-order valence-electron chi connectivity index (χ4n) is 2.12. The summed E-state index contributed by atoms with van der Waals surface area (Å²) in [5.41, 5.74) is 2.71. The molecule has 3 rings (SSSR count). The Kier molecular flexibility index (Phi) is 2.72. The number of thiophene rings is 1. The number of anilines is 1. The molecule has 0 amide bonds. The zero-order chi connectivity index (χ0) is 11.8. The van der Waals surface area contributed by atoms with Crippen molar-refractivity contribution >= 4 is 27.4 Å². The van der Waals surface area contributed by atoms with Crippen molar-refractivity contribution in [2.24, 2.45) is 5.84 Å². The molecule has 0 spiro atoms. The number of nitrogens with two attached hydrogens (primary N) is 1. The van der Waals surface area contributed by atoms with E-state index in [0.29, 0.717) is 5.92 Å². The van der Waals surface area contributed by atoms with Crippen LogP contribution in [0.3, 0.4) is 0 Å². The van der Waals surface area contributed by atoms with Gasteiger partial charge in [0.2, 0.25) is 0 Å². The molecule has 3 N–H and O–H groups in total. The van der Waals surface area contributed by atoms with Gasteiger partial charge in [-0.3, -0.25) is 0 Å². The van der Waals surface area contributed by atoms with Crippen molar-refractivity contribution in [2.75, 3.05) is 5.43 Å². The first-order valence-corrected chi connectivity index (χ1v) is 6.90. The first-order valence-electron chi connectivity index (χ1n) is 6.08. The molecule has 1 aliphatic carbocycles. The number of rotatable bonds is 3. The Morgan fingerprint density at radius 3 is 2.88 bits per heavy atom. The number of hydrogen-bond acceptors (Lipinski definition) is 5. The predicted octanol–water partition coefficient (Wildman–Crippen LogP) is 2.81. The summed E-state index contributed by atoms with van der Waals surface area (Å²) in [5, 5.41) is 1.05. The van der Waals surface area contributed by atoms with E-state index in [1.165, 1.54) is 24.1 Å². The third-order valence-electron chi connectivity index (χ3n) is 3.42. The molecule has 0 unspecified atom stereocenters. The van der Waals surface area contributed by atoms with Gasteiger partial charge in [-0.25, -0.2) is 15.8 Å². The van der Waals surface area contributed by atoms with Crippen LogP contribution in [0.15, 0.2) is 6.07 Å². The average Bonchev–Trinajstić information content (AvgIpc) is 2.68. The molecular weight excluding hydrogens is 232 g/mol. The van der Waals surface area contributed by atoms with E-state index >= 15 is 0 Å². The maximum Gasteiger partial charge on any atom is 0.152 e. The lowest BCUT2D eigenvalue weighted by Gasteiger charge is -2.23. The lowest BCUT2D eigenvalue weighted by molar-refractivity contribution is 0.403. The van der Waals surface area contributed by atoms with E-state index in [2.05, 4.69) is 28.4 Å². The minimum atomic E-state index is 0.540. The third-order valence-corrected chi connectivity index (χ3v) is 4.59. The molecule has 1 fully saturated rings. The van der Waals surface area contributed by atoms with Crippen molar-refractivity contribution in [2.45, 2.75) is 38.5 Å².